The molecular formula is C13H18O2. The van der Waals surface area contributed by atoms with Gasteiger partial charge in [0, 0.05) is 0 Å². The van der Waals surface area contributed by atoms with Crippen LogP contribution in [0, 0.1) is 0 Å². The molecule has 1 aromatic carbocycles. The minimum absolute atomic E-state index is 0.695. The van der Waals surface area contributed by atoms with Crippen molar-refractivity contribution in [2.75, 3.05) is 0 Å². The van der Waals surface area contributed by atoms with Gasteiger partial charge in [0.25, 0.3) is 0 Å². The Labute approximate surface area is 90.9 Å². The van der Waals surface area contributed by atoms with Crippen LogP contribution in [0.15, 0.2) is 30.8 Å². The summed E-state index contributed by atoms with van der Waals surface area (Å²) in [6.45, 7) is 8.45. The molecule has 0 aliphatic carbocycles. The lowest BCUT2D eigenvalue weighted by molar-refractivity contribution is -0.125. The van der Waals surface area contributed by atoms with Gasteiger partial charge in [-0.1, -0.05) is 36.9 Å². The number of hydrogen-bond donors (Lipinski definition) is 2. The van der Waals surface area contributed by atoms with E-state index in [0.29, 0.717) is 5.56 Å². The van der Waals surface area contributed by atoms with E-state index in [2.05, 4.69) is 6.58 Å². The van der Waals surface area contributed by atoms with Crippen molar-refractivity contribution >= 4 is 6.08 Å². The second-order valence-electron chi connectivity index (χ2n) is 4.46. The molecule has 1 aromatic rings. The summed E-state index contributed by atoms with van der Waals surface area (Å²) in [5.41, 5.74) is -0.749. The van der Waals surface area contributed by atoms with E-state index in [1.165, 1.54) is 0 Å². The van der Waals surface area contributed by atoms with Crippen LogP contribution in [0.4, 0.5) is 0 Å². The van der Waals surface area contributed by atoms with Gasteiger partial charge in [-0.2, -0.15) is 0 Å². The first-order valence-corrected chi connectivity index (χ1v) is 4.97. The molecule has 0 saturated heterocycles. The summed E-state index contributed by atoms with van der Waals surface area (Å²) in [6.07, 6.45) is 1.74. The molecular weight excluding hydrogens is 188 g/mol. The molecule has 0 saturated carbocycles. The van der Waals surface area contributed by atoms with Gasteiger partial charge in [0.2, 0.25) is 0 Å². The standard InChI is InChI=1S/C13H18O2/c1-5-10-6-8-11(9-7-10)13(4,15)12(2,3)14/h5-9,14-15H,1H2,2-4H3. The summed E-state index contributed by atoms with van der Waals surface area (Å²) < 4.78 is 0. The first kappa shape index (κ1) is 12.0. The van der Waals surface area contributed by atoms with Gasteiger partial charge in [-0.25, -0.2) is 0 Å². The lowest BCUT2D eigenvalue weighted by atomic mass is 9.81. The monoisotopic (exact) mass is 206 g/mol. The third-order valence-electron chi connectivity index (χ3n) is 2.90. The minimum atomic E-state index is -1.26. The van der Waals surface area contributed by atoms with Crippen molar-refractivity contribution < 1.29 is 10.2 Å². The fourth-order valence-electron chi connectivity index (χ4n) is 1.30. The highest BCUT2D eigenvalue weighted by molar-refractivity contribution is 5.47. The Kier molecular flexibility index (Phi) is 3.03. The number of aliphatic hydroxyl groups is 2. The molecule has 2 N–H and O–H groups in total. The maximum atomic E-state index is 10.2. The van der Waals surface area contributed by atoms with E-state index in [-0.39, 0.29) is 0 Å². The first-order valence-electron chi connectivity index (χ1n) is 4.97. The first-order chi connectivity index (χ1) is 6.79. The molecule has 0 radical (unpaired) electrons. The van der Waals surface area contributed by atoms with E-state index in [1.54, 1.807) is 39.0 Å². The molecule has 0 heterocycles. The highest BCUT2D eigenvalue weighted by Gasteiger charge is 2.38. The van der Waals surface area contributed by atoms with Crippen LogP contribution in [0.3, 0.4) is 0 Å². The van der Waals surface area contributed by atoms with Crippen LogP contribution in [0.2, 0.25) is 0 Å². The van der Waals surface area contributed by atoms with E-state index in [9.17, 15) is 10.2 Å². The summed E-state index contributed by atoms with van der Waals surface area (Å²) in [5, 5.41) is 20.1. The van der Waals surface area contributed by atoms with Crippen LogP contribution in [0.25, 0.3) is 6.08 Å². The molecule has 0 fully saturated rings. The summed E-state index contributed by atoms with van der Waals surface area (Å²) >= 11 is 0. The zero-order valence-electron chi connectivity index (χ0n) is 9.49. The Morgan fingerprint density at radius 1 is 1.07 bits per heavy atom. The highest BCUT2D eigenvalue weighted by atomic mass is 16.4. The molecule has 0 aliphatic heterocycles. The van der Waals surface area contributed by atoms with Crippen molar-refractivity contribution in [1.29, 1.82) is 0 Å². The lowest BCUT2D eigenvalue weighted by Crippen LogP contribution is -2.44. The molecule has 0 aromatic heterocycles. The van der Waals surface area contributed by atoms with Crippen LogP contribution in [0.1, 0.15) is 31.9 Å². The Morgan fingerprint density at radius 2 is 1.53 bits per heavy atom. The fraction of sp³-hybridized carbons (Fsp3) is 0.385. The number of hydrogen-bond acceptors (Lipinski definition) is 2. The average Bonchev–Trinajstić information content (AvgIpc) is 2.16. The van der Waals surface area contributed by atoms with Gasteiger partial charge in [-0.15, -0.1) is 0 Å². The van der Waals surface area contributed by atoms with Gasteiger partial charge in [0.05, 0.1) is 5.60 Å². The van der Waals surface area contributed by atoms with E-state index in [4.69, 9.17) is 0 Å². The van der Waals surface area contributed by atoms with E-state index in [0.717, 1.165) is 5.56 Å². The zero-order valence-corrected chi connectivity index (χ0v) is 9.49. The maximum absolute atomic E-state index is 10.2. The Morgan fingerprint density at radius 3 is 1.87 bits per heavy atom. The Hall–Kier alpha value is -1.12. The summed E-state index contributed by atoms with van der Waals surface area (Å²) in [4.78, 5) is 0. The predicted octanol–water partition coefficient (Wildman–Crippen LogP) is 2.31. The van der Waals surface area contributed by atoms with E-state index < -0.39 is 11.2 Å². The third kappa shape index (κ3) is 2.28. The van der Waals surface area contributed by atoms with Gasteiger partial charge in [0.15, 0.2) is 0 Å². The molecule has 1 unspecified atom stereocenters. The van der Waals surface area contributed by atoms with Gasteiger partial charge < -0.3 is 10.2 Å². The van der Waals surface area contributed by atoms with Crippen LogP contribution in [0.5, 0.6) is 0 Å². The number of rotatable bonds is 3. The summed E-state index contributed by atoms with van der Waals surface area (Å²) in [7, 11) is 0. The van der Waals surface area contributed by atoms with Crippen molar-refractivity contribution in [1.82, 2.24) is 0 Å². The van der Waals surface area contributed by atoms with Crippen LogP contribution in [-0.2, 0) is 5.60 Å². The van der Waals surface area contributed by atoms with Gasteiger partial charge in [0.1, 0.15) is 5.60 Å². The van der Waals surface area contributed by atoms with Crippen molar-refractivity contribution in [3.8, 4) is 0 Å². The topological polar surface area (TPSA) is 40.5 Å². The van der Waals surface area contributed by atoms with Crippen LogP contribution >= 0.6 is 0 Å². The van der Waals surface area contributed by atoms with Gasteiger partial charge in [-0.3, -0.25) is 0 Å². The Bertz CT molecular complexity index is 342. The maximum Gasteiger partial charge on any atom is 0.115 e. The third-order valence-corrected chi connectivity index (χ3v) is 2.90. The second-order valence-corrected chi connectivity index (χ2v) is 4.46. The van der Waals surface area contributed by atoms with E-state index >= 15 is 0 Å². The van der Waals surface area contributed by atoms with Crippen molar-refractivity contribution in [3.63, 3.8) is 0 Å². The van der Waals surface area contributed by atoms with Crippen molar-refractivity contribution in [2.45, 2.75) is 32.0 Å². The molecule has 0 bridgehead atoms. The average molecular weight is 206 g/mol. The smallest absolute Gasteiger partial charge is 0.115 e. The summed E-state index contributed by atoms with van der Waals surface area (Å²) in [6, 6.07) is 7.33. The minimum Gasteiger partial charge on any atom is -0.387 e. The molecule has 82 valence electrons. The molecule has 1 atom stereocenters. The predicted molar refractivity (Wildman–Crippen MR) is 62.4 cm³/mol. The van der Waals surface area contributed by atoms with Crippen LogP contribution in [-0.4, -0.2) is 15.8 Å². The van der Waals surface area contributed by atoms with E-state index in [1.807, 2.05) is 12.1 Å². The molecule has 0 amide bonds. The Balaban J connectivity index is 3.11. The van der Waals surface area contributed by atoms with Gasteiger partial charge >= 0.3 is 0 Å². The highest BCUT2D eigenvalue weighted by Crippen LogP contribution is 2.32. The van der Waals surface area contributed by atoms with Gasteiger partial charge in [-0.05, 0) is 31.9 Å². The normalized spacial score (nSPS) is 15.8. The SMILES string of the molecule is C=Cc1ccc(C(C)(O)C(C)(C)O)cc1. The molecule has 2 heteroatoms. The van der Waals surface area contributed by atoms with Crippen molar-refractivity contribution in [3.05, 3.63) is 42.0 Å². The second kappa shape index (κ2) is 3.80. The number of benzene rings is 1. The molecule has 15 heavy (non-hydrogen) atoms. The molecule has 0 spiro atoms. The van der Waals surface area contributed by atoms with Crippen molar-refractivity contribution in [2.24, 2.45) is 0 Å². The molecule has 1 rings (SSSR count). The summed E-state index contributed by atoms with van der Waals surface area (Å²) in [5.74, 6) is 0. The zero-order chi connectivity index (χ0) is 11.7. The quantitative estimate of drug-likeness (QED) is 0.796. The van der Waals surface area contributed by atoms with Crippen LogP contribution < -0.4 is 0 Å². The molecule has 0 aliphatic rings. The lowest BCUT2D eigenvalue weighted by Gasteiger charge is -2.36. The largest absolute Gasteiger partial charge is 0.387 e. The molecule has 2 nitrogen and oxygen atoms in total. The fourth-order valence-corrected chi connectivity index (χ4v) is 1.30.